The summed E-state index contributed by atoms with van der Waals surface area (Å²) in [4.78, 5) is 23.0. The van der Waals surface area contributed by atoms with Crippen LogP contribution in [0.25, 0.3) is 0 Å². The van der Waals surface area contributed by atoms with Crippen molar-refractivity contribution in [3.63, 3.8) is 0 Å². The fourth-order valence-electron chi connectivity index (χ4n) is 3.51. The molecule has 2 amide bonds. The highest BCUT2D eigenvalue weighted by molar-refractivity contribution is 5.74. The van der Waals surface area contributed by atoms with Gasteiger partial charge in [0.15, 0.2) is 0 Å². The number of aromatic nitrogens is 1. The smallest absolute Gasteiger partial charge is 0.317 e. The van der Waals surface area contributed by atoms with Gasteiger partial charge >= 0.3 is 6.03 Å². The molecule has 2 aliphatic rings. The molecule has 3 heterocycles. The van der Waals surface area contributed by atoms with Crippen molar-refractivity contribution >= 4 is 11.7 Å². The Morgan fingerprint density at radius 1 is 1.22 bits per heavy atom. The maximum Gasteiger partial charge on any atom is 0.317 e. The second kappa shape index (κ2) is 7.64. The molecule has 23 heavy (non-hydrogen) atoms. The Labute approximate surface area is 138 Å². The first-order valence-corrected chi connectivity index (χ1v) is 8.58. The summed E-state index contributed by atoms with van der Waals surface area (Å²) in [5.41, 5.74) is 1.19. The SMILES string of the molecule is CN1CCC[C@H](CNC(=O)N2CCN(c3ccncc3)CC2)C1. The molecule has 0 bridgehead atoms. The lowest BCUT2D eigenvalue weighted by molar-refractivity contribution is 0.180. The van der Waals surface area contributed by atoms with Gasteiger partial charge in [0.2, 0.25) is 0 Å². The number of hydrogen-bond acceptors (Lipinski definition) is 4. The van der Waals surface area contributed by atoms with Crippen LogP contribution in [0.15, 0.2) is 24.5 Å². The predicted octanol–water partition coefficient (Wildman–Crippen LogP) is 1.25. The van der Waals surface area contributed by atoms with Crippen molar-refractivity contribution in [2.24, 2.45) is 5.92 Å². The largest absolute Gasteiger partial charge is 0.368 e. The van der Waals surface area contributed by atoms with Gasteiger partial charge in [-0.05, 0) is 44.5 Å². The van der Waals surface area contributed by atoms with E-state index in [0.29, 0.717) is 5.92 Å². The molecule has 6 nitrogen and oxygen atoms in total. The minimum atomic E-state index is 0.0904. The Bertz CT molecular complexity index is 501. The number of hydrogen-bond donors (Lipinski definition) is 1. The second-order valence-electron chi connectivity index (χ2n) is 6.64. The van der Waals surface area contributed by atoms with Gasteiger partial charge in [-0.3, -0.25) is 4.98 Å². The number of carbonyl (C=O) groups is 1. The van der Waals surface area contributed by atoms with Crippen molar-refractivity contribution in [1.29, 1.82) is 0 Å². The van der Waals surface area contributed by atoms with Crippen LogP contribution < -0.4 is 10.2 Å². The van der Waals surface area contributed by atoms with Crippen LogP contribution in [0.3, 0.4) is 0 Å². The molecule has 1 aromatic rings. The van der Waals surface area contributed by atoms with E-state index in [1.807, 2.05) is 29.4 Å². The lowest BCUT2D eigenvalue weighted by Gasteiger charge is -2.36. The van der Waals surface area contributed by atoms with Crippen LogP contribution in [0.4, 0.5) is 10.5 Å². The van der Waals surface area contributed by atoms with Crippen LogP contribution in [0.2, 0.25) is 0 Å². The van der Waals surface area contributed by atoms with Crippen LogP contribution in [0, 0.1) is 5.92 Å². The highest BCUT2D eigenvalue weighted by Crippen LogP contribution is 2.16. The van der Waals surface area contributed by atoms with Crippen LogP contribution in [0.1, 0.15) is 12.8 Å². The normalized spacial score (nSPS) is 22.9. The van der Waals surface area contributed by atoms with E-state index in [2.05, 4.69) is 27.1 Å². The number of nitrogens with one attached hydrogen (secondary N) is 1. The van der Waals surface area contributed by atoms with E-state index in [0.717, 1.165) is 39.3 Å². The average Bonchev–Trinajstić information content (AvgIpc) is 2.61. The topological polar surface area (TPSA) is 51.7 Å². The Balaban J connectivity index is 1.41. The van der Waals surface area contributed by atoms with E-state index in [-0.39, 0.29) is 6.03 Å². The van der Waals surface area contributed by atoms with E-state index in [9.17, 15) is 4.79 Å². The summed E-state index contributed by atoms with van der Waals surface area (Å²) in [5.74, 6) is 0.593. The molecule has 1 atom stereocenters. The molecule has 0 aromatic carbocycles. The quantitative estimate of drug-likeness (QED) is 0.912. The highest BCUT2D eigenvalue weighted by atomic mass is 16.2. The second-order valence-corrected chi connectivity index (χ2v) is 6.64. The number of likely N-dealkylation sites (tertiary alicyclic amines) is 1. The first-order chi connectivity index (χ1) is 11.2. The van der Waals surface area contributed by atoms with Crippen LogP contribution in [-0.2, 0) is 0 Å². The summed E-state index contributed by atoms with van der Waals surface area (Å²) in [5, 5.41) is 3.13. The molecular formula is C17H27N5O. The van der Waals surface area contributed by atoms with Crippen molar-refractivity contribution in [3.8, 4) is 0 Å². The van der Waals surface area contributed by atoms with Crippen molar-refractivity contribution < 1.29 is 4.79 Å². The van der Waals surface area contributed by atoms with Crippen molar-refractivity contribution in [2.45, 2.75) is 12.8 Å². The Kier molecular flexibility index (Phi) is 5.33. The van der Waals surface area contributed by atoms with Crippen molar-refractivity contribution in [1.82, 2.24) is 20.1 Å². The molecule has 0 radical (unpaired) electrons. The van der Waals surface area contributed by atoms with E-state index in [1.54, 1.807) is 0 Å². The first kappa shape index (κ1) is 16.1. The Hall–Kier alpha value is -1.82. The number of amides is 2. The van der Waals surface area contributed by atoms with Crippen molar-refractivity contribution in [3.05, 3.63) is 24.5 Å². The zero-order valence-electron chi connectivity index (χ0n) is 13.9. The number of nitrogens with zero attached hydrogens (tertiary/aromatic N) is 4. The van der Waals surface area contributed by atoms with Crippen LogP contribution in [-0.4, -0.2) is 73.7 Å². The third kappa shape index (κ3) is 4.34. The average molecular weight is 317 g/mol. The van der Waals surface area contributed by atoms with E-state index < -0.39 is 0 Å². The van der Waals surface area contributed by atoms with Crippen LogP contribution in [0.5, 0.6) is 0 Å². The molecule has 2 fully saturated rings. The number of urea groups is 1. The fraction of sp³-hybridized carbons (Fsp3) is 0.647. The minimum absolute atomic E-state index is 0.0904. The summed E-state index contributed by atoms with van der Waals surface area (Å²) in [6.07, 6.45) is 6.09. The lowest BCUT2D eigenvalue weighted by atomic mass is 9.99. The van der Waals surface area contributed by atoms with E-state index in [1.165, 1.54) is 25.1 Å². The fourth-order valence-corrected chi connectivity index (χ4v) is 3.51. The summed E-state index contributed by atoms with van der Waals surface area (Å²) < 4.78 is 0. The lowest BCUT2D eigenvalue weighted by Crippen LogP contribution is -2.52. The molecule has 0 spiro atoms. The summed E-state index contributed by atoms with van der Waals surface area (Å²) in [6, 6.07) is 4.14. The van der Waals surface area contributed by atoms with E-state index in [4.69, 9.17) is 0 Å². The molecule has 2 aliphatic heterocycles. The predicted molar refractivity (Wildman–Crippen MR) is 91.6 cm³/mol. The van der Waals surface area contributed by atoms with Gasteiger partial charge < -0.3 is 20.0 Å². The van der Waals surface area contributed by atoms with Gasteiger partial charge in [-0.1, -0.05) is 0 Å². The Morgan fingerprint density at radius 3 is 2.65 bits per heavy atom. The maximum atomic E-state index is 12.3. The highest BCUT2D eigenvalue weighted by Gasteiger charge is 2.23. The van der Waals surface area contributed by atoms with Gasteiger partial charge in [0, 0.05) is 57.3 Å². The van der Waals surface area contributed by atoms with Gasteiger partial charge in [0.25, 0.3) is 0 Å². The van der Waals surface area contributed by atoms with Gasteiger partial charge in [0.1, 0.15) is 0 Å². The first-order valence-electron chi connectivity index (χ1n) is 8.58. The van der Waals surface area contributed by atoms with Crippen LogP contribution >= 0.6 is 0 Å². The minimum Gasteiger partial charge on any atom is -0.368 e. The monoisotopic (exact) mass is 317 g/mol. The van der Waals surface area contributed by atoms with Gasteiger partial charge in [-0.2, -0.15) is 0 Å². The number of anilines is 1. The molecule has 1 N–H and O–H groups in total. The molecule has 0 aliphatic carbocycles. The molecule has 0 unspecified atom stereocenters. The summed E-state index contributed by atoms with van der Waals surface area (Å²) in [6.45, 7) is 6.38. The molecule has 1 aromatic heterocycles. The summed E-state index contributed by atoms with van der Waals surface area (Å²) >= 11 is 0. The molecule has 6 heteroatoms. The van der Waals surface area contributed by atoms with Gasteiger partial charge in [0.05, 0.1) is 0 Å². The third-order valence-electron chi connectivity index (χ3n) is 4.86. The zero-order valence-corrected chi connectivity index (χ0v) is 13.9. The number of piperidine rings is 1. The van der Waals surface area contributed by atoms with E-state index >= 15 is 0 Å². The molecule has 0 saturated carbocycles. The van der Waals surface area contributed by atoms with Gasteiger partial charge in [-0.15, -0.1) is 0 Å². The maximum absolute atomic E-state index is 12.3. The van der Waals surface area contributed by atoms with Gasteiger partial charge in [-0.25, -0.2) is 4.79 Å². The summed E-state index contributed by atoms with van der Waals surface area (Å²) in [7, 11) is 2.16. The standard InChI is InChI=1S/C17H27N5O/c1-20-8-2-3-15(14-20)13-19-17(23)22-11-9-21(10-12-22)16-4-6-18-7-5-16/h4-7,15H,2-3,8-14H2,1H3,(H,19,23)/t15-/m1/s1. The number of piperazine rings is 1. The number of rotatable bonds is 3. The number of pyridine rings is 1. The molecule has 3 rings (SSSR count). The van der Waals surface area contributed by atoms with Crippen molar-refractivity contribution in [2.75, 3.05) is 57.8 Å². The number of carbonyl (C=O) groups excluding carboxylic acids is 1. The molecule has 2 saturated heterocycles. The zero-order chi connectivity index (χ0) is 16.1. The molecular weight excluding hydrogens is 290 g/mol. The molecule has 126 valence electrons. The Morgan fingerprint density at radius 2 is 1.96 bits per heavy atom. The third-order valence-corrected chi connectivity index (χ3v) is 4.86.